The molecule has 132 valence electrons. The van der Waals surface area contributed by atoms with Gasteiger partial charge in [-0.2, -0.15) is 0 Å². The Morgan fingerprint density at radius 3 is 2.88 bits per heavy atom. The number of aliphatic hydroxyl groups is 1. The van der Waals surface area contributed by atoms with Crippen molar-refractivity contribution in [3.05, 3.63) is 30.0 Å². The summed E-state index contributed by atoms with van der Waals surface area (Å²) in [5.41, 5.74) is 2.16. The fourth-order valence-corrected chi connectivity index (χ4v) is 2.45. The van der Waals surface area contributed by atoms with Crippen LogP contribution in [-0.2, 0) is 11.2 Å². The summed E-state index contributed by atoms with van der Waals surface area (Å²) in [6.45, 7) is 6.95. The van der Waals surface area contributed by atoms with Crippen LogP contribution in [0, 0.1) is 0 Å². The number of aliphatic hydroxyl groups excluding tert-OH is 1. The first-order valence-electron chi connectivity index (χ1n) is 8.34. The molecule has 0 bridgehead atoms. The maximum absolute atomic E-state index is 11.0. The normalized spacial score (nSPS) is 12.5. The van der Waals surface area contributed by atoms with Gasteiger partial charge in [-0.25, -0.2) is 0 Å². The van der Waals surface area contributed by atoms with Gasteiger partial charge in [0.2, 0.25) is 5.91 Å². The van der Waals surface area contributed by atoms with E-state index in [9.17, 15) is 9.90 Å². The highest BCUT2D eigenvalue weighted by atomic mass is 16.5. The van der Waals surface area contributed by atoms with Crippen LogP contribution in [0.25, 0.3) is 10.9 Å². The van der Waals surface area contributed by atoms with Crippen molar-refractivity contribution in [1.29, 1.82) is 0 Å². The highest BCUT2D eigenvalue weighted by Gasteiger charge is 2.09. The first kappa shape index (κ1) is 18.3. The summed E-state index contributed by atoms with van der Waals surface area (Å²) in [5.74, 6) is 0.703. The molecule has 6 heteroatoms. The van der Waals surface area contributed by atoms with Crippen molar-refractivity contribution in [1.82, 2.24) is 15.6 Å². The van der Waals surface area contributed by atoms with Gasteiger partial charge in [-0.15, -0.1) is 0 Å². The van der Waals surface area contributed by atoms with E-state index in [0.717, 1.165) is 28.6 Å². The Labute approximate surface area is 142 Å². The number of aromatic nitrogens is 1. The number of rotatable bonds is 9. The van der Waals surface area contributed by atoms with E-state index in [1.165, 1.54) is 6.92 Å². The van der Waals surface area contributed by atoms with Crippen molar-refractivity contribution in [2.75, 3.05) is 19.7 Å². The number of carbonyl (C=O) groups excluding carboxylic acids is 1. The first-order valence-corrected chi connectivity index (χ1v) is 8.34. The number of hydrogen-bond donors (Lipinski definition) is 4. The van der Waals surface area contributed by atoms with E-state index < -0.39 is 6.10 Å². The van der Waals surface area contributed by atoms with Crippen molar-refractivity contribution in [3.63, 3.8) is 0 Å². The molecule has 0 fully saturated rings. The number of fused-ring (bicyclic) bond motifs is 1. The summed E-state index contributed by atoms with van der Waals surface area (Å²) in [4.78, 5) is 14.2. The van der Waals surface area contributed by atoms with E-state index in [1.807, 2.05) is 38.2 Å². The number of hydrogen-bond acceptors (Lipinski definition) is 4. The number of carbonyl (C=O) groups is 1. The zero-order chi connectivity index (χ0) is 17.5. The van der Waals surface area contributed by atoms with E-state index in [1.54, 1.807) is 0 Å². The fraction of sp³-hybridized carbons (Fsp3) is 0.500. The van der Waals surface area contributed by atoms with E-state index in [2.05, 4.69) is 15.6 Å². The number of benzene rings is 1. The number of amides is 1. The molecule has 0 saturated carbocycles. The van der Waals surface area contributed by atoms with Gasteiger partial charge in [0, 0.05) is 43.2 Å². The summed E-state index contributed by atoms with van der Waals surface area (Å²) < 4.78 is 5.70. The second-order valence-corrected chi connectivity index (χ2v) is 6.28. The van der Waals surface area contributed by atoms with E-state index in [-0.39, 0.29) is 12.5 Å². The van der Waals surface area contributed by atoms with Crippen molar-refractivity contribution in [2.24, 2.45) is 0 Å². The van der Waals surface area contributed by atoms with Crippen LogP contribution < -0.4 is 15.4 Å². The maximum Gasteiger partial charge on any atom is 0.216 e. The van der Waals surface area contributed by atoms with E-state index in [4.69, 9.17) is 4.74 Å². The van der Waals surface area contributed by atoms with E-state index >= 15 is 0 Å². The lowest BCUT2D eigenvalue weighted by molar-refractivity contribution is -0.118. The van der Waals surface area contributed by atoms with Gasteiger partial charge in [0.1, 0.15) is 18.5 Å². The van der Waals surface area contributed by atoms with Crippen molar-refractivity contribution in [2.45, 2.75) is 39.3 Å². The van der Waals surface area contributed by atoms with Gasteiger partial charge < -0.3 is 25.5 Å². The molecule has 0 unspecified atom stereocenters. The lowest BCUT2D eigenvalue weighted by atomic mass is 10.1. The Kier molecular flexibility index (Phi) is 6.63. The predicted molar refractivity (Wildman–Crippen MR) is 95.3 cm³/mol. The number of ether oxygens (including phenoxy) is 1. The monoisotopic (exact) mass is 333 g/mol. The molecule has 24 heavy (non-hydrogen) atoms. The molecule has 1 aromatic carbocycles. The van der Waals surface area contributed by atoms with Gasteiger partial charge in [0.05, 0.1) is 0 Å². The molecule has 1 aromatic heterocycles. The lowest BCUT2D eigenvalue weighted by Gasteiger charge is -2.15. The van der Waals surface area contributed by atoms with Gasteiger partial charge in [0.15, 0.2) is 0 Å². The average molecular weight is 333 g/mol. The van der Waals surface area contributed by atoms with Crippen LogP contribution in [0.1, 0.15) is 26.3 Å². The summed E-state index contributed by atoms with van der Waals surface area (Å²) in [5, 5.41) is 17.0. The molecular weight excluding hydrogens is 306 g/mol. The zero-order valence-corrected chi connectivity index (χ0v) is 14.6. The van der Waals surface area contributed by atoms with Crippen molar-refractivity contribution < 1.29 is 14.6 Å². The molecule has 6 nitrogen and oxygen atoms in total. The summed E-state index contributed by atoms with van der Waals surface area (Å²) >= 11 is 0. The van der Waals surface area contributed by atoms with Crippen LogP contribution in [0.4, 0.5) is 0 Å². The van der Waals surface area contributed by atoms with Crippen LogP contribution in [0.15, 0.2) is 24.4 Å². The fourth-order valence-electron chi connectivity index (χ4n) is 2.45. The molecule has 0 spiro atoms. The topological polar surface area (TPSA) is 86.4 Å². The summed E-state index contributed by atoms with van der Waals surface area (Å²) in [6, 6.07) is 6.16. The molecular formula is C18H27N3O3. The quantitative estimate of drug-likeness (QED) is 0.561. The molecule has 4 N–H and O–H groups in total. The molecule has 0 aliphatic rings. The molecule has 0 radical (unpaired) electrons. The summed E-state index contributed by atoms with van der Waals surface area (Å²) in [7, 11) is 0. The smallest absolute Gasteiger partial charge is 0.216 e. The SMILES string of the molecule is CC(=O)NCCc1c[nH]c2ccc(OC[C@H](O)CNC(C)C)cc12. The second-order valence-electron chi connectivity index (χ2n) is 6.28. The summed E-state index contributed by atoms with van der Waals surface area (Å²) in [6.07, 6.45) is 2.16. The Bertz CT molecular complexity index is 667. The molecule has 2 rings (SSSR count). The van der Waals surface area contributed by atoms with Gasteiger partial charge in [-0.05, 0) is 30.2 Å². The van der Waals surface area contributed by atoms with Crippen molar-refractivity contribution >= 4 is 16.8 Å². The number of aromatic amines is 1. The Balaban J connectivity index is 1.95. The molecule has 1 amide bonds. The van der Waals surface area contributed by atoms with Gasteiger partial charge in [0.25, 0.3) is 0 Å². The molecule has 0 aliphatic heterocycles. The minimum absolute atomic E-state index is 0.0251. The van der Waals surface area contributed by atoms with Crippen LogP contribution in [-0.4, -0.2) is 47.8 Å². The standard InChI is InChI=1S/C18H27N3O3/c1-12(2)20-10-15(23)11-24-16-4-5-18-17(8-16)14(9-21-18)6-7-19-13(3)22/h4-5,8-9,12,15,20-21,23H,6-7,10-11H2,1-3H3,(H,19,22)/t15-/m1/s1. The minimum Gasteiger partial charge on any atom is -0.491 e. The predicted octanol–water partition coefficient (Wildman–Crippen LogP) is 1.58. The first-order chi connectivity index (χ1) is 11.5. The van der Waals surface area contributed by atoms with E-state index in [0.29, 0.717) is 19.1 Å². The van der Waals surface area contributed by atoms with Crippen LogP contribution in [0.3, 0.4) is 0 Å². The second kappa shape index (κ2) is 8.70. The Morgan fingerprint density at radius 2 is 2.17 bits per heavy atom. The van der Waals surface area contributed by atoms with Gasteiger partial charge >= 0.3 is 0 Å². The van der Waals surface area contributed by atoms with Crippen molar-refractivity contribution in [3.8, 4) is 5.75 Å². The minimum atomic E-state index is -0.548. The third kappa shape index (κ3) is 5.54. The van der Waals surface area contributed by atoms with Crippen LogP contribution in [0.2, 0.25) is 0 Å². The highest BCUT2D eigenvalue weighted by molar-refractivity contribution is 5.84. The average Bonchev–Trinajstić information content (AvgIpc) is 2.93. The Morgan fingerprint density at radius 1 is 1.38 bits per heavy atom. The third-order valence-electron chi connectivity index (χ3n) is 3.71. The van der Waals surface area contributed by atoms with Gasteiger partial charge in [-0.1, -0.05) is 13.8 Å². The van der Waals surface area contributed by atoms with Crippen LogP contribution >= 0.6 is 0 Å². The zero-order valence-electron chi connectivity index (χ0n) is 14.6. The largest absolute Gasteiger partial charge is 0.491 e. The molecule has 2 aromatic rings. The maximum atomic E-state index is 11.0. The Hall–Kier alpha value is -2.05. The molecule has 1 atom stereocenters. The highest BCUT2D eigenvalue weighted by Crippen LogP contribution is 2.24. The third-order valence-corrected chi connectivity index (χ3v) is 3.71. The number of nitrogens with one attached hydrogen (secondary N) is 3. The number of H-pyrrole nitrogens is 1. The van der Waals surface area contributed by atoms with Gasteiger partial charge in [-0.3, -0.25) is 4.79 Å². The molecule has 0 aliphatic carbocycles. The lowest BCUT2D eigenvalue weighted by Crippen LogP contribution is -2.35. The van der Waals surface area contributed by atoms with Crippen LogP contribution in [0.5, 0.6) is 5.75 Å². The molecule has 0 saturated heterocycles. The molecule has 1 heterocycles.